The van der Waals surface area contributed by atoms with Gasteiger partial charge in [0.15, 0.2) is 0 Å². The number of nitrogens with two attached hydrogens (primary N) is 2. The largest absolute Gasteiger partial charge is 0.506 e. The summed E-state index contributed by atoms with van der Waals surface area (Å²) in [5, 5.41) is 19.4. The van der Waals surface area contributed by atoms with Gasteiger partial charge in [-0.1, -0.05) is 50.2 Å². The van der Waals surface area contributed by atoms with Crippen molar-refractivity contribution >= 4 is 11.4 Å². The van der Waals surface area contributed by atoms with E-state index in [-0.39, 0.29) is 28.3 Å². The van der Waals surface area contributed by atoms with Crippen LogP contribution >= 0.6 is 0 Å². The van der Waals surface area contributed by atoms with Crippen molar-refractivity contribution in [3.63, 3.8) is 0 Å². The smallest absolute Gasteiger partial charge is 0.138 e. The molecule has 0 aliphatic heterocycles. The second kappa shape index (κ2) is 8.67. The zero-order chi connectivity index (χ0) is 23.6. The van der Waals surface area contributed by atoms with Crippen molar-refractivity contribution in [3.05, 3.63) is 96.1 Å². The van der Waals surface area contributed by atoms with E-state index in [9.17, 15) is 10.2 Å². The summed E-state index contributed by atoms with van der Waals surface area (Å²) in [6, 6.07) is 25.2. The van der Waals surface area contributed by atoms with Crippen molar-refractivity contribution in [2.45, 2.75) is 19.3 Å². The average molecular weight is 443 g/mol. The third-order valence-corrected chi connectivity index (χ3v) is 5.58. The highest BCUT2D eigenvalue weighted by Crippen LogP contribution is 2.42. The minimum Gasteiger partial charge on any atom is -0.506 e. The summed E-state index contributed by atoms with van der Waals surface area (Å²) in [5.41, 5.74) is 13.8. The Morgan fingerprint density at radius 1 is 0.636 bits per heavy atom. The van der Waals surface area contributed by atoms with Crippen LogP contribution in [0.15, 0.2) is 84.9 Å². The van der Waals surface area contributed by atoms with Crippen LogP contribution in [0.4, 0.5) is 11.4 Å². The van der Waals surface area contributed by atoms with Crippen LogP contribution in [0.2, 0.25) is 0 Å². The van der Waals surface area contributed by atoms with Gasteiger partial charge in [0.2, 0.25) is 0 Å². The molecule has 0 bridgehead atoms. The molecule has 0 radical (unpaired) electrons. The van der Waals surface area contributed by atoms with Crippen LogP contribution in [0.3, 0.4) is 0 Å². The fourth-order valence-corrected chi connectivity index (χ4v) is 3.63. The molecule has 0 amide bonds. The molecule has 4 aromatic rings. The van der Waals surface area contributed by atoms with Crippen molar-refractivity contribution in [2.24, 2.45) is 0 Å². The highest BCUT2D eigenvalue weighted by atomic mass is 16.5. The zero-order valence-electron chi connectivity index (χ0n) is 18.4. The minimum atomic E-state index is -0.374. The molecule has 6 heteroatoms. The van der Waals surface area contributed by atoms with Crippen LogP contribution in [0, 0.1) is 0 Å². The first-order valence-corrected chi connectivity index (χ1v) is 10.5. The number of rotatable bonds is 6. The molecule has 0 heterocycles. The molecule has 0 aromatic heterocycles. The highest BCUT2D eigenvalue weighted by molar-refractivity contribution is 5.58. The van der Waals surface area contributed by atoms with E-state index in [1.54, 1.807) is 30.3 Å². The topological polar surface area (TPSA) is 111 Å². The first-order chi connectivity index (χ1) is 15.7. The third kappa shape index (κ3) is 4.65. The minimum absolute atomic E-state index is 0.00347. The van der Waals surface area contributed by atoms with E-state index < -0.39 is 0 Å². The van der Waals surface area contributed by atoms with E-state index in [1.165, 1.54) is 12.1 Å². The van der Waals surface area contributed by atoms with E-state index in [0.717, 1.165) is 11.1 Å². The molecule has 6 nitrogen and oxygen atoms in total. The molecule has 0 unspecified atom stereocenters. The van der Waals surface area contributed by atoms with Gasteiger partial charge < -0.3 is 31.2 Å². The lowest BCUT2D eigenvalue weighted by Crippen LogP contribution is -2.19. The Kier molecular flexibility index (Phi) is 5.75. The maximum Gasteiger partial charge on any atom is 0.138 e. The van der Waals surface area contributed by atoms with Crippen LogP contribution in [0.1, 0.15) is 25.0 Å². The van der Waals surface area contributed by atoms with Gasteiger partial charge in [0, 0.05) is 29.2 Å². The fraction of sp³-hybridized carbons (Fsp3) is 0.111. The van der Waals surface area contributed by atoms with Gasteiger partial charge >= 0.3 is 0 Å². The maximum absolute atomic E-state index is 9.76. The normalized spacial score (nSPS) is 11.2. The van der Waals surface area contributed by atoms with Crippen molar-refractivity contribution in [2.75, 3.05) is 11.5 Å². The van der Waals surface area contributed by atoms with Gasteiger partial charge in [0.1, 0.15) is 34.5 Å². The Morgan fingerprint density at radius 2 is 1.15 bits per heavy atom. The molecule has 33 heavy (non-hydrogen) atoms. The maximum atomic E-state index is 9.76. The Morgan fingerprint density at radius 3 is 1.73 bits per heavy atom. The standard InChI is InChI=1S/C27H26N2O4/c1-27(2,17-6-4-3-5-7-17)21-11-8-20(32-18-9-12-24(30)22(28)14-18)16-26(21)33-19-10-13-25(31)23(29)15-19/h3-16,30-31H,28-29H2,1-2H3. The first kappa shape index (κ1) is 21.9. The lowest BCUT2D eigenvalue weighted by atomic mass is 9.77. The summed E-state index contributed by atoms with van der Waals surface area (Å²) in [6.07, 6.45) is 0. The second-order valence-corrected chi connectivity index (χ2v) is 8.29. The van der Waals surface area contributed by atoms with E-state index >= 15 is 0 Å². The monoisotopic (exact) mass is 442 g/mol. The predicted octanol–water partition coefficient (Wildman–Crippen LogP) is 6.17. The number of aromatic hydroxyl groups is 2. The molecular weight excluding hydrogens is 416 g/mol. The van der Waals surface area contributed by atoms with Gasteiger partial charge in [-0.05, 0) is 35.9 Å². The predicted molar refractivity (Wildman–Crippen MR) is 130 cm³/mol. The Hall–Kier alpha value is -4.32. The van der Waals surface area contributed by atoms with Gasteiger partial charge in [-0.3, -0.25) is 0 Å². The summed E-state index contributed by atoms with van der Waals surface area (Å²) in [4.78, 5) is 0. The van der Waals surface area contributed by atoms with Crippen LogP contribution in [0.5, 0.6) is 34.5 Å². The molecular formula is C27H26N2O4. The molecule has 0 fully saturated rings. The molecule has 0 saturated carbocycles. The summed E-state index contributed by atoms with van der Waals surface area (Å²) in [5.74, 6) is 2.08. The molecule has 0 spiro atoms. The second-order valence-electron chi connectivity index (χ2n) is 8.29. The lowest BCUT2D eigenvalue weighted by Gasteiger charge is -2.28. The molecule has 4 aromatic carbocycles. The number of benzene rings is 4. The van der Waals surface area contributed by atoms with Crippen LogP contribution in [0.25, 0.3) is 0 Å². The number of anilines is 2. The highest BCUT2D eigenvalue weighted by Gasteiger charge is 2.27. The SMILES string of the molecule is CC(C)(c1ccccc1)c1ccc(Oc2ccc(O)c(N)c2)cc1Oc1ccc(O)c(N)c1. The Labute approximate surface area is 192 Å². The molecule has 0 aliphatic carbocycles. The third-order valence-electron chi connectivity index (χ3n) is 5.58. The van der Waals surface area contributed by atoms with Crippen molar-refractivity contribution in [1.82, 2.24) is 0 Å². The molecule has 6 N–H and O–H groups in total. The molecule has 0 atom stereocenters. The summed E-state index contributed by atoms with van der Waals surface area (Å²) < 4.78 is 12.2. The number of hydrogen-bond donors (Lipinski definition) is 4. The number of phenols is 2. The van der Waals surface area contributed by atoms with E-state index in [2.05, 4.69) is 26.0 Å². The van der Waals surface area contributed by atoms with E-state index in [4.69, 9.17) is 20.9 Å². The summed E-state index contributed by atoms with van der Waals surface area (Å²) >= 11 is 0. The lowest BCUT2D eigenvalue weighted by molar-refractivity contribution is 0.442. The van der Waals surface area contributed by atoms with Crippen LogP contribution in [-0.4, -0.2) is 10.2 Å². The molecule has 0 aliphatic rings. The van der Waals surface area contributed by atoms with Crippen molar-refractivity contribution < 1.29 is 19.7 Å². The average Bonchev–Trinajstić information content (AvgIpc) is 2.79. The first-order valence-electron chi connectivity index (χ1n) is 10.5. The molecule has 4 rings (SSSR count). The van der Waals surface area contributed by atoms with Crippen LogP contribution in [-0.2, 0) is 5.41 Å². The van der Waals surface area contributed by atoms with Gasteiger partial charge in [-0.25, -0.2) is 0 Å². The van der Waals surface area contributed by atoms with E-state index in [1.807, 2.05) is 30.3 Å². The molecule has 168 valence electrons. The summed E-state index contributed by atoms with van der Waals surface area (Å²) in [7, 11) is 0. The number of phenolic OH excluding ortho intramolecular Hbond substituents is 2. The van der Waals surface area contributed by atoms with Gasteiger partial charge in [-0.15, -0.1) is 0 Å². The Bertz CT molecular complexity index is 1290. The van der Waals surface area contributed by atoms with Gasteiger partial charge in [0.05, 0.1) is 11.4 Å². The fourth-order valence-electron chi connectivity index (χ4n) is 3.63. The Balaban J connectivity index is 1.76. The van der Waals surface area contributed by atoms with E-state index in [0.29, 0.717) is 23.0 Å². The van der Waals surface area contributed by atoms with Crippen LogP contribution < -0.4 is 20.9 Å². The number of nitrogen functional groups attached to an aromatic ring is 2. The van der Waals surface area contributed by atoms with Gasteiger partial charge in [-0.2, -0.15) is 0 Å². The number of hydrogen-bond acceptors (Lipinski definition) is 6. The molecule has 0 saturated heterocycles. The van der Waals surface area contributed by atoms with Gasteiger partial charge in [0.25, 0.3) is 0 Å². The quantitative estimate of drug-likeness (QED) is 0.210. The van der Waals surface area contributed by atoms with Crippen molar-refractivity contribution in [1.29, 1.82) is 0 Å². The van der Waals surface area contributed by atoms with Crippen molar-refractivity contribution in [3.8, 4) is 34.5 Å². The summed E-state index contributed by atoms with van der Waals surface area (Å²) in [6.45, 7) is 4.24. The number of ether oxygens (including phenoxy) is 2. The zero-order valence-corrected chi connectivity index (χ0v) is 18.4.